The molecular weight excluding hydrogens is 392 g/mol. The van der Waals surface area contributed by atoms with Crippen LogP contribution in [0.4, 0.5) is 0 Å². The van der Waals surface area contributed by atoms with Crippen molar-refractivity contribution in [2.75, 3.05) is 14.2 Å². The van der Waals surface area contributed by atoms with Gasteiger partial charge < -0.3 is 18.6 Å². The fraction of sp³-hybridized carbons (Fsp3) is 0.115. The largest absolute Gasteiger partial charge is 0.493 e. The van der Waals surface area contributed by atoms with Crippen LogP contribution in [0.1, 0.15) is 11.1 Å². The van der Waals surface area contributed by atoms with Gasteiger partial charge in [-0.1, -0.05) is 43.0 Å². The summed E-state index contributed by atoms with van der Waals surface area (Å²) >= 11 is 0. The third-order valence-corrected chi connectivity index (χ3v) is 5.06. The number of methoxy groups -OCH3 is 2. The Morgan fingerprint density at radius 2 is 1.71 bits per heavy atom. The minimum Gasteiger partial charge on any atom is -0.493 e. The van der Waals surface area contributed by atoms with Crippen LogP contribution in [0.15, 0.2) is 82.7 Å². The van der Waals surface area contributed by atoms with Gasteiger partial charge in [-0.15, -0.1) is 0 Å². The van der Waals surface area contributed by atoms with E-state index >= 15 is 0 Å². The van der Waals surface area contributed by atoms with Gasteiger partial charge in [0.05, 0.1) is 25.2 Å². The van der Waals surface area contributed by atoms with Gasteiger partial charge in [-0.05, 0) is 41.0 Å². The van der Waals surface area contributed by atoms with Crippen LogP contribution in [-0.4, -0.2) is 14.2 Å². The Hall–Kier alpha value is -3.99. The van der Waals surface area contributed by atoms with E-state index in [0.717, 1.165) is 11.1 Å². The second-order valence-corrected chi connectivity index (χ2v) is 6.94. The summed E-state index contributed by atoms with van der Waals surface area (Å²) in [5, 5.41) is 0.481. The Labute approximate surface area is 180 Å². The molecule has 4 rings (SSSR count). The van der Waals surface area contributed by atoms with Crippen molar-refractivity contribution in [2.24, 2.45) is 0 Å². The van der Waals surface area contributed by atoms with E-state index in [2.05, 4.69) is 6.58 Å². The molecular formula is C26H22O5. The van der Waals surface area contributed by atoms with E-state index in [1.54, 1.807) is 56.7 Å². The molecule has 156 valence electrons. The van der Waals surface area contributed by atoms with Crippen molar-refractivity contribution >= 4 is 17.0 Å². The number of hydrogen-bond acceptors (Lipinski definition) is 5. The molecule has 0 saturated carbocycles. The summed E-state index contributed by atoms with van der Waals surface area (Å²) in [6, 6.07) is 18.5. The molecule has 0 aliphatic heterocycles. The Morgan fingerprint density at radius 3 is 2.42 bits per heavy atom. The third-order valence-electron chi connectivity index (χ3n) is 5.06. The summed E-state index contributed by atoms with van der Waals surface area (Å²) in [5.41, 5.74) is 3.58. The van der Waals surface area contributed by atoms with Gasteiger partial charge in [0, 0.05) is 6.07 Å². The summed E-state index contributed by atoms with van der Waals surface area (Å²) in [4.78, 5) is 13.1. The zero-order valence-corrected chi connectivity index (χ0v) is 17.4. The highest BCUT2D eigenvalue weighted by Gasteiger charge is 2.13. The van der Waals surface area contributed by atoms with E-state index in [0.29, 0.717) is 46.0 Å². The van der Waals surface area contributed by atoms with E-state index in [-0.39, 0.29) is 5.43 Å². The van der Waals surface area contributed by atoms with Crippen molar-refractivity contribution in [1.29, 1.82) is 0 Å². The topological polar surface area (TPSA) is 57.9 Å². The summed E-state index contributed by atoms with van der Waals surface area (Å²) in [6.07, 6.45) is 3.26. The van der Waals surface area contributed by atoms with Gasteiger partial charge >= 0.3 is 0 Å². The second kappa shape index (κ2) is 8.79. The molecule has 1 aromatic heterocycles. The van der Waals surface area contributed by atoms with Gasteiger partial charge in [0.25, 0.3) is 0 Å². The Morgan fingerprint density at radius 1 is 0.935 bits per heavy atom. The molecule has 31 heavy (non-hydrogen) atoms. The molecule has 0 aliphatic carbocycles. The van der Waals surface area contributed by atoms with Crippen molar-refractivity contribution in [3.8, 4) is 28.4 Å². The lowest BCUT2D eigenvalue weighted by molar-refractivity contribution is 0.306. The molecule has 4 aromatic rings. The summed E-state index contributed by atoms with van der Waals surface area (Å²) in [7, 11) is 3.12. The SMILES string of the molecule is C=Cc1ccc(COc2ccc3c(=O)c(-c4ccc(OC)c(OC)c4)coc3c2)cc1. The van der Waals surface area contributed by atoms with Gasteiger partial charge in [0.15, 0.2) is 16.9 Å². The van der Waals surface area contributed by atoms with Crippen molar-refractivity contribution in [2.45, 2.75) is 6.61 Å². The molecule has 5 nitrogen and oxygen atoms in total. The molecule has 0 spiro atoms. The highest BCUT2D eigenvalue weighted by atomic mass is 16.5. The minimum atomic E-state index is -0.125. The number of rotatable bonds is 7. The third kappa shape index (κ3) is 4.16. The predicted molar refractivity (Wildman–Crippen MR) is 122 cm³/mol. The van der Waals surface area contributed by atoms with Crippen molar-refractivity contribution in [1.82, 2.24) is 0 Å². The van der Waals surface area contributed by atoms with E-state index < -0.39 is 0 Å². The Bertz CT molecular complexity index is 1290. The molecule has 0 unspecified atom stereocenters. The first-order chi connectivity index (χ1) is 15.1. The zero-order valence-electron chi connectivity index (χ0n) is 17.4. The molecule has 3 aromatic carbocycles. The first-order valence-corrected chi connectivity index (χ1v) is 9.75. The summed E-state index contributed by atoms with van der Waals surface area (Å²) < 4.78 is 22.2. The lowest BCUT2D eigenvalue weighted by Gasteiger charge is -2.10. The first-order valence-electron chi connectivity index (χ1n) is 9.75. The van der Waals surface area contributed by atoms with Crippen LogP contribution in [-0.2, 0) is 6.61 Å². The predicted octanol–water partition coefficient (Wildman–Crippen LogP) is 5.70. The average Bonchev–Trinajstić information content (AvgIpc) is 2.82. The number of benzene rings is 3. The quantitative estimate of drug-likeness (QED) is 0.388. The van der Waals surface area contributed by atoms with Gasteiger partial charge in [0.1, 0.15) is 24.2 Å². The maximum atomic E-state index is 13.1. The monoisotopic (exact) mass is 414 g/mol. The van der Waals surface area contributed by atoms with Gasteiger partial charge in [-0.2, -0.15) is 0 Å². The molecule has 0 bridgehead atoms. The standard InChI is InChI=1S/C26H22O5/c1-4-17-5-7-18(8-6-17)15-30-20-10-11-21-24(14-20)31-16-22(26(21)27)19-9-12-23(28-2)25(13-19)29-3/h4-14,16H,1,15H2,2-3H3. The van der Waals surface area contributed by atoms with Crippen LogP contribution in [0.25, 0.3) is 28.2 Å². The molecule has 0 fully saturated rings. The maximum absolute atomic E-state index is 13.1. The fourth-order valence-electron chi connectivity index (χ4n) is 3.32. The maximum Gasteiger partial charge on any atom is 0.200 e. The highest BCUT2D eigenvalue weighted by molar-refractivity contribution is 5.83. The average molecular weight is 414 g/mol. The molecule has 0 N–H and O–H groups in total. The van der Waals surface area contributed by atoms with Crippen LogP contribution >= 0.6 is 0 Å². The van der Waals surface area contributed by atoms with E-state index in [9.17, 15) is 4.79 Å². The van der Waals surface area contributed by atoms with Crippen LogP contribution in [0.5, 0.6) is 17.2 Å². The lowest BCUT2D eigenvalue weighted by Crippen LogP contribution is -2.05. The van der Waals surface area contributed by atoms with E-state index in [1.165, 1.54) is 6.26 Å². The molecule has 0 radical (unpaired) electrons. The molecule has 0 amide bonds. The van der Waals surface area contributed by atoms with Crippen molar-refractivity contribution in [3.63, 3.8) is 0 Å². The number of hydrogen-bond donors (Lipinski definition) is 0. The van der Waals surface area contributed by atoms with Crippen molar-refractivity contribution in [3.05, 3.63) is 94.9 Å². The molecule has 0 atom stereocenters. The molecule has 1 heterocycles. The Balaban J connectivity index is 1.60. The molecule has 0 aliphatic rings. The smallest absolute Gasteiger partial charge is 0.200 e. The summed E-state index contributed by atoms with van der Waals surface area (Å²) in [6.45, 7) is 4.17. The second-order valence-electron chi connectivity index (χ2n) is 6.94. The van der Waals surface area contributed by atoms with Crippen LogP contribution < -0.4 is 19.6 Å². The minimum absolute atomic E-state index is 0.125. The van der Waals surface area contributed by atoms with Gasteiger partial charge in [0.2, 0.25) is 0 Å². The summed E-state index contributed by atoms with van der Waals surface area (Å²) in [5.74, 6) is 1.77. The van der Waals surface area contributed by atoms with E-state index in [1.807, 2.05) is 24.3 Å². The van der Waals surface area contributed by atoms with Crippen LogP contribution in [0.3, 0.4) is 0 Å². The molecule has 0 saturated heterocycles. The van der Waals surface area contributed by atoms with Crippen molar-refractivity contribution < 1.29 is 18.6 Å². The number of fused-ring (bicyclic) bond motifs is 1. The lowest BCUT2D eigenvalue weighted by atomic mass is 10.0. The van der Waals surface area contributed by atoms with Crippen LogP contribution in [0, 0.1) is 0 Å². The van der Waals surface area contributed by atoms with E-state index in [4.69, 9.17) is 18.6 Å². The van der Waals surface area contributed by atoms with Gasteiger partial charge in [-0.3, -0.25) is 4.79 Å². The van der Waals surface area contributed by atoms with Gasteiger partial charge in [-0.25, -0.2) is 0 Å². The Kier molecular flexibility index (Phi) is 5.76. The van der Waals surface area contributed by atoms with Crippen LogP contribution in [0.2, 0.25) is 0 Å². The fourth-order valence-corrected chi connectivity index (χ4v) is 3.32. The normalized spacial score (nSPS) is 10.6. The zero-order chi connectivity index (χ0) is 21.8. The first kappa shape index (κ1) is 20.3. The molecule has 5 heteroatoms. The highest BCUT2D eigenvalue weighted by Crippen LogP contribution is 2.32. The number of ether oxygens (including phenoxy) is 3.